The van der Waals surface area contributed by atoms with Crippen molar-refractivity contribution in [3.63, 3.8) is 0 Å². The normalized spacial score (nSPS) is 10.6. The molecule has 1 aromatic heterocycles. The zero-order valence-electron chi connectivity index (χ0n) is 11.5. The molecular weight excluding hydrogens is 320 g/mol. The third-order valence-electron chi connectivity index (χ3n) is 2.74. The second kappa shape index (κ2) is 6.73. The second-order valence-corrected chi connectivity index (χ2v) is 4.74. The lowest BCUT2D eigenvalue weighted by Crippen LogP contribution is -2.28. The van der Waals surface area contributed by atoms with E-state index in [0.29, 0.717) is 17.5 Å². The second-order valence-electron chi connectivity index (χ2n) is 4.33. The summed E-state index contributed by atoms with van der Waals surface area (Å²) < 4.78 is 54.6. The number of nitrogens with one attached hydrogen (secondary N) is 2. The molecule has 2 rings (SSSR count). The summed E-state index contributed by atoms with van der Waals surface area (Å²) in [6.45, 7) is 2.02. The molecule has 0 fully saturated rings. The summed E-state index contributed by atoms with van der Waals surface area (Å²) in [5.41, 5.74) is -0.735. The van der Waals surface area contributed by atoms with Gasteiger partial charge >= 0.3 is 0 Å². The number of nitrogens with zero attached hydrogens (tertiary/aromatic N) is 2. The minimum atomic E-state index is -1.45. The topological polar surface area (TPSA) is 41.9 Å². The van der Waals surface area contributed by atoms with Crippen molar-refractivity contribution in [2.24, 2.45) is 0 Å². The molecule has 0 aliphatic rings. The SMILES string of the molecule is CCNC(=S)Nc1ccn(Cc2c(F)c(F)cc(F)c2F)n1. The maximum Gasteiger partial charge on any atom is 0.171 e. The highest BCUT2D eigenvalue weighted by Crippen LogP contribution is 2.20. The van der Waals surface area contributed by atoms with Gasteiger partial charge in [-0.05, 0) is 19.1 Å². The van der Waals surface area contributed by atoms with Crippen LogP contribution in [0.3, 0.4) is 0 Å². The van der Waals surface area contributed by atoms with E-state index in [1.165, 1.54) is 12.3 Å². The van der Waals surface area contributed by atoms with E-state index in [2.05, 4.69) is 15.7 Å². The van der Waals surface area contributed by atoms with E-state index in [0.717, 1.165) is 4.68 Å². The van der Waals surface area contributed by atoms with Crippen LogP contribution in [-0.2, 0) is 6.54 Å². The molecule has 1 aromatic carbocycles. The highest BCUT2D eigenvalue weighted by Gasteiger charge is 2.19. The first-order valence-corrected chi connectivity index (χ1v) is 6.73. The lowest BCUT2D eigenvalue weighted by molar-refractivity contribution is 0.431. The maximum atomic E-state index is 13.6. The Hall–Kier alpha value is -2.16. The molecule has 0 saturated carbocycles. The third-order valence-corrected chi connectivity index (χ3v) is 2.99. The van der Waals surface area contributed by atoms with Crippen molar-refractivity contribution in [2.75, 3.05) is 11.9 Å². The van der Waals surface area contributed by atoms with Crippen LogP contribution in [0.4, 0.5) is 23.4 Å². The largest absolute Gasteiger partial charge is 0.363 e. The van der Waals surface area contributed by atoms with Gasteiger partial charge in [0.15, 0.2) is 34.2 Å². The molecule has 118 valence electrons. The van der Waals surface area contributed by atoms with E-state index in [1.54, 1.807) is 0 Å². The van der Waals surface area contributed by atoms with Gasteiger partial charge < -0.3 is 10.6 Å². The Balaban J connectivity index is 2.19. The maximum absolute atomic E-state index is 13.6. The van der Waals surface area contributed by atoms with Gasteiger partial charge in [-0.15, -0.1) is 0 Å². The van der Waals surface area contributed by atoms with Crippen molar-refractivity contribution in [1.29, 1.82) is 0 Å². The smallest absolute Gasteiger partial charge is 0.171 e. The van der Waals surface area contributed by atoms with Gasteiger partial charge in [-0.2, -0.15) is 5.10 Å². The Morgan fingerprint density at radius 1 is 1.23 bits per heavy atom. The first kappa shape index (κ1) is 16.2. The van der Waals surface area contributed by atoms with Gasteiger partial charge in [0, 0.05) is 24.9 Å². The van der Waals surface area contributed by atoms with E-state index >= 15 is 0 Å². The van der Waals surface area contributed by atoms with Crippen LogP contribution in [-0.4, -0.2) is 21.4 Å². The molecule has 2 aromatic rings. The lowest BCUT2D eigenvalue weighted by Gasteiger charge is -2.08. The minimum Gasteiger partial charge on any atom is -0.363 e. The molecule has 0 radical (unpaired) electrons. The molecule has 0 atom stereocenters. The average molecular weight is 332 g/mol. The Kier molecular flexibility index (Phi) is 4.96. The van der Waals surface area contributed by atoms with Crippen LogP contribution in [0.2, 0.25) is 0 Å². The van der Waals surface area contributed by atoms with Gasteiger partial charge in [0.25, 0.3) is 0 Å². The van der Waals surface area contributed by atoms with E-state index in [4.69, 9.17) is 12.2 Å². The van der Waals surface area contributed by atoms with Crippen LogP contribution >= 0.6 is 12.2 Å². The summed E-state index contributed by atoms with van der Waals surface area (Å²) in [5, 5.41) is 9.90. The molecule has 0 aliphatic carbocycles. The van der Waals surface area contributed by atoms with Crippen LogP contribution in [0.5, 0.6) is 0 Å². The summed E-state index contributed by atoms with van der Waals surface area (Å²) in [6, 6.07) is 1.67. The number of hydrogen-bond donors (Lipinski definition) is 2. The van der Waals surface area contributed by atoms with E-state index in [1.807, 2.05) is 6.92 Å². The minimum absolute atomic E-state index is 0.166. The number of aromatic nitrogens is 2. The van der Waals surface area contributed by atoms with E-state index in [-0.39, 0.29) is 6.07 Å². The van der Waals surface area contributed by atoms with E-state index < -0.39 is 35.4 Å². The molecule has 2 N–H and O–H groups in total. The highest BCUT2D eigenvalue weighted by molar-refractivity contribution is 7.80. The fourth-order valence-corrected chi connectivity index (χ4v) is 2.01. The quantitative estimate of drug-likeness (QED) is 0.513. The van der Waals surface area contributed by atoms with Gasteiger partial charge in [0.2, 0.25) is 0 Å². The predicted octanol–water partition coefficient (Wildman–Crippen LogP) is 2.79. The molecule has 0 aliphatic heterocycles. The van der Waals surface area contributed by atoms with Gasteiger partial charge in [0.1, 0.15) is 0 Å². The number of hydrogen-bond acceptors (Lipinski definition) is 2. The van der Waals surface area contributed by atoms with Crippen molar-refractivity contribution in [2.45, 2.75) is 13.5 Å². The molecule has 0 amide bonds. The Labute approximate surface area is 129 Å². The number of benzene rings is 1. The average Bonchev–Trinajstić information content (AvgIpc) is 2.89. The Morgan fingerprint density at radius 2 is 1.86 bits per heavy atom. The van der Waals surface area contributed by atoms with Crippen molar-refractivity contribution < 1.29 is 17.6 Å². The van der Waals surface area contributed by atoms with Crippen LogP contribution in [0, 0.1) is 23.3 Å². The zero-order valence-corrected chi connectivity index (χ0v) is 12.3. The third kappa shape index (κ3) is 3.53. The Bertz CT molecular complexity index is 675. The van der Waals surface area contributed by atoms with Crippen molar-refractivity contribution in [3.8, 4) is 0 Å². The molecule has 0 spiro atoms. The molecule has 1 heterocycles. The van der Waals surface area contributed by atoms with Crippen molar-refractivity contribution >= 4 is 23.1 Å². The van der Waals surface area contributed by atoms with Crippen molar-refractivity contribution in [3.05, 3.63) is 47.2 Å². The van der Waals surface area contributed by atoms with Crippen LogP contribution < -0.4 is 10.6 Å². The summed E-state index contributed by atoms with van der Waals surface area (Å²) in [7, 11) is 0. The number of halogens is 4. The molecular formula is C13H12F4N4S. The number of anilines is 1. The standard InChI is InChI=1S/C13H12F4N4S/c1-2-18-13(22)19-10-3-4-21(20-10)6-7-11(16)8(14)5-9(15)12(7)17/h3-5H,2,6H2,1H3,(H2,18,19,20,22). The molecule has 0 saturated heterocycles. The van der Waals surface area contributed by atoms with Crippen LogP contribution in [0.15, 0.2) is 18.3 Å². The van der Waals surface area contributed by atoms with Gasteiger partial charge in [-0.25, -0.2) is 17.6 Å². The summed E-state index contributed by atoms with van der Waals surface area (Å²) >= 11 is 4.96. The summed E-state index contributed by atoms with van der Waals surface area (Å²) in [4.78, 5) is 0. The summed E-state index contributed by atoms with van der Waals surface area (Å²) in [6.07, 6.45) is 1.40. The fraction of sp³-hybridized carbons (Fsp3) is 0.231. The van der Waals surface area contributed by atoms with Crippen LogP contribution in [0.25, 0.3) is 0 Å². The highest BCUT2D eigenvalue weighted by atomic mass is 32.1. The summed E-state index contributed by atoms with van der Waals surface area (Å²) in [5.74, 6) is -5.44. The van der Waals surface area contributed by atoms with Crippen LogP contribution in [0.1, 0.15) is 12.5 Å². The zero-order chi connectivity index (χ0) is 16.3. The number of rotatable bonds is 4. The van der Waals surface area contributed by atoms with Gasteiger partial charge in [-0.3, -0.25) is 4.68 Å². The van der Waals surface area contributed by atoms with Gasteiger partial charge in [-0.1, -0.05) is 0 Å². The molecule has 22 heavy (non-hydrogen) atoms. The predicted molar refractivity (Wildman–Crippen MR) is 77.5 cm³/mol. The van der Waals surface area contributed by atoms with Gasteiger partial charge in [0.05, 0.1) is 12.1 Å². The molecule has 9 heteroatoms. The first-order chi connectivity index (χ1) is 10.4. The van der Waals surface area contributed by atoms with Crippen molar-refractivity contribution in [1.82, 2.24) is 15.1 Å². The van der Waals surface area contributed by atoms with E-state index in [9.17, 15) is 17.6 Å². The monoisotopic (exact) mass is 332 g/mol. The Morgan fingerprint density at radius 3 is 2.45 bits per heavy atom. The molecule has 4 nitrogen and oxygen atoms in total. The molecule has 0 bridgehead atoms. The molecule has 0 unspecified atom stereocenters. The number of thiocarbonyl (C=S) groups is 1. The fourth-order valence-electron chi connectivity index (χ4n) is 1.76. The lowest BCUT2D eigenvalue weighted by atomic mass is 10.2. The first-order valence-electron chi connectivity index (χ1n) is 6.32.